The second kappa shape index (κ2) is 9.59. The molecule has 35 heavy (non-hydrogen) atoms. The van der Waals surface area contributed by atoms with Gasteiger partial charge >= 0.3 is 11.9 Å². The van der Waals surface area contributed by atoms with Crippen LogP contribution in [-0.2, 0) is 26.1 Å². The zero-order valence-corrected chi connectivity index (χ0v) is 19.6. The van der Waals surface area contributed by atoms with Gasteiger partial charge in [0.2, 0.25) is 0 Å². The number of H-pyrrole nitrogens is 1. The number of nitrogens with one attached hydrogen (secondary N) is 1. The van der Waals surface area contributed by atoms with Crippen molar-refractivity contribution in [3.05, 3.63) is 101 Å². The van der Waals surface area contributed by atoms with Gasteiger partial charge in [0.1, 0.15) is 18.1 Å². The standard InChI is InChI=1S/C25H21FN2O6S/c1-16-3-9-20(10-4-16)35(31,32)28-14-18(11-23(28)25(30)33-2)21-12-27-13-22(21)24(29)34-15-17-5-7-19(26)8-6-17/h3-14,27H,15H2,1-2H3. The second-order valence-corrected chi connectivity index (χ2v) is 9.52. The average Bonchev–Trinajstić information content (AvgIpc) is 3.51. The summed E-state index contributed by atoms with van der Waals surface area (Å²) >= 11 is 0. The Morgan fingerprint density at radius 1 is 1.00 bits per heavy atom. The van der Waals surface area contributed by atoms with Crippen molar-refractivity contribution in [2.45, 2.75) is 18.4 Å². The predicted octanol–water partition coefficient (Wildman–Crippen LogP) is 4.31. The number of hydrogen-bond acceptors (Lipinski definition) is 6. The number of nitrogens with zero attached hydrogens (tertiary/aromatic N) is 1. The number of aryl methyl sites for hydroxylation is 1. The lowest BCUT2D eigenvalue weighted by atomic mass is 10.1. The lowest BCUT2D eigenvalue weighted by molar-refractivity contribution is 0.0473. The smallest absolute Gasteiger partial charge is 0.355 e. The molecule has 1 N–H and O–H groups in total. The molecule has 2 aromatic carbocycles. The van der Waals surface area contributed by atoms with E-state index in [1.165, 1.54) is 61.1 Å². The number of esters is 2. The molecule has 8 nitrogen and oxygen atoms in total. The minimum atomic E-state index is -4.14. The van der Waals surface area contributed by atoms with E-state index < -0.39 is 27.8 Å². The van der Waals surface area contributed by atoms with Gasteiger partial charge in [-0.05, 0) is 42.8 Å². The molecule has 0 atom stereocenters. The number of rotatable bonds is 7. The zero-order valence-electron chi connectivity index (χ0n) is 18.8. The van der Waals surface area contributed by atoms with E-state index in [1.54, 1.807) is 12.1 Å². The fourth-order valence-corrected chi connectivity index (χ4v) is 4.79. The summed E-state index contributed by atoms with van der Waals surface area (Å²) < 4.78 is 50.6. The van der Waals surface area contributed by atoms with Crippen molar-refractivity contribution < 1.29 is 31.9 Å². The summed E-state index contributed by atoms with van der Waals surface area (Å²) in [7, 11) is -2.99. The molecular formula is C25H21FN2O6S. The van der Waals surface area contributed by atoms with Crippen molar-refractivity contribution in [2.24, 2.45) is 0 Å². The molecule has 2 aromatic heterocycles. The van der Waals surface area contributed by atoms with Crippen LogP contribution in [0, 0.1) is 12.7 Å². The molecule has 4 aromatic rings. The Morgan fingerprint density at radius 3 is 2.34 bits per heavy atom. The number of ether oxygens (including phenoxy) is 2. The molecular weight excluding hydrogens is 475 g/mol. The molecule has 0 bridgehead atoms. The van der Waals surface area contributed by atoms with Crippen LogP contribution in [0.3, 0.4) is 0 Å². The van der Waals surface area contributed by atoms with Gasteiger partial charge in [-0.25, -0.2) is 26.4 Å². The van der Waals surface area contributed by atoms with E-state index in [0.717, 1.165) is 16.6 Å². The van der Waals surface area contributed by atoms with Gasteiger partial charge in [-0.2, -0.15) is 0 Å². The van der Waals surface area contributed by atoms with Gasteiger partial charge in [-0.1, -0.05) is 29.8 Å². The van der Waals surface area contributed by atoms with Crippen molar-refractivity contribution in [3.8, 4) is 11.1 Å². The van der Waals surface area contributed by atoms with E-state index in [0.29, 0.717) is 11.1 Å². The SMILES string of the molecule is COC(=O)c1cc(-c2c[nH]cc2C(=O)OCc2ccc(F)cc2)cn1S(=O)(=O)c1ccc(C)cc1. The minimum absolute atomic E-state index is 0.0107. The van der Waals surface area contributed by atoms with Crippen molar-refractivity contribution in [2.75, 3.05) is 7.11 Å². The highest BCUT2D eigenvalue weighted by Crippen LogP contribution is 2.29. The van der Waals surface area contributed by atoms with E-state index in [9.17, 15) is 22.4 Å². The maximum absolute atomic E-state index is 13.3. The molecule has 0 amide bonds. The van der Waals surface area contributed by atoms with Crippen LogP contribution in [0.5, 0.6) is 0 Å². The van der Waals surface area contributed by atoms with Crippen LogP contribution in [-0.4, -0.2) is 36.4 Å². The maximum Gasteiger partial charge on any atom is 0.355 e. The normalized spacial score (nSPS) is 11.3. The summed E-state index contributed by atoms with van der Waals surface area (Å²) in [5.41, 5.74) is 2.00. The van der Waals surface area contributed by atoms with E-state index >= 15 is 0 Å². The van der Waals surface area contributed by atoms with E-state index in [1.807, 2.05) is 6.92 Å². The molecule has 0 radical (unpaired) electrons. The van der Waals surface area contributed by atoms with Crippen LogP contribution < -0.4 is 0 Å². The summed E-state index contributed by atoms with van der Waals surface area (Å²) in [6, 6.07) is 13.0. The quantitative estimate of drug-likeness (QED) is 0.382. The Morgan fingerprint density at radius 2 is 1.69 bits per heavy atom. The Balaban J connectivity index is 1.69. The van der Waals surface area contributed by atoms with Crippen LogP contribution in [0.2, 0.25) is 0 Å². The Bertz CT molecular complexity index is 1490. The summed E-state index contributed by atoms with van der Waals surface area (Å²) in [4.78, 5) is 28.0. The molecule has 4 rings (SSSR count). The highest BCUT2D eigenvalue weighted by Gasteiger charge is 2.27. The third kappa shape index (κ3) is 4.87. The molecule has 10 heteroatoms. The predicted molar refractivity (Wildman–Crippen MR) is 125 cm³/mol. The number of halogens is 1. The van der Waals surface area contributed by atoms with Gasteiger partial charge in [-0.15, -0.1) is 0 Å². The summed E-state index contributed by atoms with van der Waals surface area (Å²) in [6.45, 7) is 1.74. The number of methoxy groups -OCH3 is 1. The number of hydrogen-bond donors (Lipinski definition) is 1. The fourth-order valence-electron chi connectivity index (χ4n) is 3.45. The van der Waals surface area contributed by atoms with Gasteiger partial charge in [0.05, 0.1) is 17.6 Å². The first-order valence-corrected chi connectivity index (χ1v) is 11.9. The monoisotopic (exact) mass is 496 g/mol. The highest BCUT2D eigenvalue weighted by molar-refractivity contribution is 7.90. The molecule has 180 valence electrons. The van der Waals surface area contributed by atoms with Crippen molar-refractivity contribution in [1.29, 1.82) is 0 Å². The molecule has 0 unspecified atom stereocenters. The molecule has 0 saturated heterocycles. The first-order chi connectivity index (χ1) is 16.7. The van der Waals surface area contributed by atoms with E-state index in [2.05, 4.69) is 4.98 Å². The van der Waals surface area contributed by atoms with Gasteiger partial charge in [0.25, 0.3) is 10.0 Å². The third-order valence-electron chi connectivity index (χ3n) is 5.32. The first-order valence-electron chi connectivity index (χ1n) is 10.4. The van der Waals surface area contributed by atoms with Gasteiger partial charge in [-0.3, -0.25) is 0 Å². The largest absolute Gasteiger partial charge is 0.464 e. The fraction of sp³-hybridized carbons (Fsp3) is 0.120. The van der Waals surface area contributed by atoms with Crippen LogP contribution in [0.25, 0.3) is 11.1 Å². The molecule has 0 aliphatic rings. The lowest BCUT2D eigenvalue weighted by Crippen LogP contribution is -2.18. The Hall–Kier alpha value is -4.18. The summed E-state index contributed by atoms with van der Waals surface area (Å²) in [5, 5.41) is 0. The number of carbonyl (C=O) groups excluding carboxylic acids is 2. The molecule has 0 spiro atoms. The van der Waals surface area contributed by atoms with Gasteiger partial charge < -0.3 is 14.5 Å². The van der Waals surface area contributed by atoms with Crippen LogP contribution in [0.15, 0.2) is 78.1 Å². The first kappa shape index (κ1) is 24.0. The van der Waals surface area contributed by atoms with Gasteiger partial charge in [0.15, 0.2) is 0 Å². The van der Waals surface area contributed by atoms with Gasteiger partial charge in [0, 0.05) is 29.7 Å². The number of aromatic amines is 1. The van der Waals surface area contributed by atoms with E-state index in [-0.39, 0.29) is 28.3 Å². The molecule has 0 saturated carbocycles. The topological polar surface area (TPSA) is 107 Å². The number of benzene rings is 2. The molecule has 2 heterocycles. The van der Waals surface area contributed by atoms with Crippen molar-refractivity contribution in [1.82, 2.24) is 8.96 Å². The number of aromatic nitrogens is 2. The Labute approximate surface area is 201 Å². The lowest BCUT2D eigenvalue weighted by Gasteiger charge is -2.09. The highest BCUT2D eigenvalue weighted by atomic mass is 32.2. The molecule has 0 aliphatic carbocycles. The van der Waals surface area contributed by atoms with Crippen molar-refractivity contribution in [3.63, 3.8) is 0 Å². The van der Waals surface area contributed by atoms with E-state index in [4.69, 9.17) is 9.47 Å². The average molecular weight is 497 g/mol. The van der Waals surface area contributed by atoms with Crippen LogP contribution in [0.4, 0.5) is 4.39 Å². The maximum atomic E-state index is 13.3. The Kier molecular flexibility index (Phi) is 6.57. The van der Waals surface area contributed by atoms with Crippen LogP contribution in [0.1, 0.15) is 32.0 Å². The molecule has 0 aliphatic heterocycles. The third-order valence-corrected chi connectivity index (χ3v) is 7.01. The zero-order chi connectivity index (χ0) is 25.2. The minimum Gasteiger partial charge on any atom is -0.464 e. The van der Waals surface area contributed by atoms with Crippen LogP contribution >= 0.6 is 0 Å². The summed E-state index contributed by atoms with van der Waals surface area (Å²) in [6.07, 6.45) is 4.15. The summed E-state index contributed by atoms with van der Waals surface area (Å²) in [5.74, 6) is -1.94. The van der Waals surface area contributed by atoms with Crippen molar-refractivity contribution >= 4 is 22.0 Å². The number of carbonyl (C=O) groups is 2. The molecule has 0 fully saturated rings. The second-order valence-electron chi connectivity index (χ2n) is 7.70.